The van der Waals surface area contributed by atoms with E-state index in [1.165, 1.54) is 4.90 Å². The quantitative estimate of drug-likeness (QED) is 0.565. The summed E-state index contributed by atoms with van der Waals surface area (Å²) in [6, 6.07) is 5.19. The van der Waals surface area contributed by atoms with Crippen LogP contribution in [-0.4, -0.2) is 29.2 Å². The summed E-state index contributed by atoms with van der Waals surface area (Å²) in [5, 5.41) is 3.17. The van der Waals surface area contributed by atoms with E-state index in [0.717, 1.165) is 10.9 Å². The third-order valence-corrected chi connectivity index (χ3v) is 7.33. The first kappa shape index (κ1) is 17.4. The van der Waals surface area contributed by atoms with E-state index in [-0.39, 0.29) is 54.4 Å². The number of hydrogen-bond acceptors (Lipinski definition) is 3. The SMILES string of the molecule is O=C(CCN1C(=O)[C@@H]2[C@H]3C=C[C@H]([C@H]4C[C@H]34)[C@@H]2C1=O)Nc1ccc(Br)cc1Cl. The molecule has 1 aromatic carbocycles. The van der Waals surface area contributed by atoms with Crippen molar-refractivity contribution in [2.45, 2.75) is 12.8 Å². The van der Waals surface area contributed by atoms with Crippen LogP contribution in [0.25, 0.3) is 0 Å². The molecule has 0 radical (unpaired) electrons. The van der Waals surface area contributed by atoms with Crippen molar-refractivity contribution in [3.8, 4) is 0 Å². The van der Waals surface area contributed by atoms with Gasteiger partial charge in [0.05, 0.1) is 22.5 Å². The molecule has 5 nitrogen and oxygen atoms in total. The molecule has 1 saturated heterocycles. The number of carbonyl (C=O) groups is 3. The van der Waals surface area contributed by atoms with Crippen LogP contribution in [0.4, 0.5) is 5.69 Å². The van der Waals surface area contributed by atoms with Gasteiger partial charge in [-0.25, -0.2) is 0 Å². The predicted molar refractivity (Wildman–Crippen MR) is 104 cm³/mol. The zero-order valence-electron chi connectivity index (χ0n) is 14.4. The number of carbonyl (C=O) groups excluding carboxylic acids is 3. The smallest absolute Gasteiger partial charge is 0.233 e. The summed E-state index contributed by atoms with van der Waals surface area (Å²) in [6.07, 6.45) is 5.51. The van der Waals surface area contributed by atoms with Gasteiger partial charge >= 0.3 is 0 Å². The minimum atomic E-state index is -0.265. The van der Waals surface area contributed by atoms with Crippen molar-refractivity contribution >= 4 is 50.9 Å². The van der Waals surface area contributed by atoms with Crippen molar-refractivity contribution in [1.82, 2.24) is 4.90 Å². The van der Waals surface area contributed by atoms with E-state index in [4.69, 9.17) is 11.6 Å². The molecule has 6 rings (SSSR count). The molecule has 1 aliphatic heterocycles. The van der Waals surface area contributed by atoms with Crippen LogP contribution >= 0.6 is 27.5 Å². The van der Waals surface area contributed by atoms with E-state index >= 15 is 0 Å². The Morgan fingerprint density at radius 3 is 2.37 bits per heavy atom. The van der Waals surface area contributed by atoms with Gasteiger partial charge in [-0.15, -0.1) is 0 Å². The van der Waals surface area contributed by atoms with Crippen LogP contribution in [0.1, 0.15) is 12.8 Å². The molecule has 1 N–H and O–H groups in total. The van der Waals surface area contributed by atoms with E-state index < -0.39 is 0 Å². The van der Waals surface area contributed by atoms with Crippen molar-refractivity contribution < 1.29 is 14.4 Å². The number of hydrogen-bond donors (Lipinski definition) is 1. The van der Waals surface area contributed by atoms with Gasteiger partial charge in [0, 0.05) is 17.4 Å². The molecule has 4 aliphatic carbocycles. The fourth-order valence-corrected chi connectivity index (χ4v) is 5.98. The number of anilines is 1. The molecule has 5 aliphatic rings. The second kappa shape index (κ2) is 6.17. The maximum absolute atomic E-state index is 12.9. The normalized spacial score (nSPS) is 35.3. The van der Waals surface area contributed by atoms with Crippen LogP contribution in [0.3, 0.4) is 0 Å². The number of nitrogens with one attached hydrogen (secondary N) is 1. The molecule has 2 bridgehead atoms. The fraction of sp³-hybridized carbons (Fsp3) is 0.450. The Hall–Kier alpha value is -1.66. The van der Waals surface area contributed by atoms with Crippen LogP contribution in [0.5, 0.6) is 0 Å². The van der Waals surface area contributed by atoms with Crippen molar-refractivity contribution in [3.63, 3.8) is 0 Å². The molecule has 6 atom stereocenters. The zero-order chi connectivity index (χ0) is 18.9. The highest BCUT2D eigenvalue weighted by Gasteiger charge is 2.66. The average Bonchev–Trinajstić information content (AvgIpc) is 3.41. The third kappa shape index (κ3) is 2.68. The number of likely N-dealkylation sites (tertiary alicyclic amines) is 1. The number of imide groups is 1. The topological polar surface area (TPSA) is 66.5 Å². The Balaban J connectivity index is 1.25. The molecule has 27 heavy (non-hydrogen) atoms. The maximum Gasteiger partial charge on any atom is 0.233 e. The van der Waals surface area contributed by atoms with Gasteiger partial charge in [-0.3, -0.25) is 19.3 Å². The van der Waals surface area contributed by atoms with Crippen LogP contribution in [0.15, 0.2) is 34.8 Å². The van der Waals surface area contributed by atoms with Gasteiger partial charge in [-0.1, -0.05) is 39.7 Å². The molecule has 0 unspecified atom stereocenters. The van der Waals surface area contributed by atoms with E-state index in [2.05, 4.69) is 33.4 Å². The van der Waals surface area contributed by atoms with E-state index in [9.17, 15) is 14.4 Å². The Labute approximate surface area is 170 Å². The molecule has 3 amide bonds. The highest BCUT2D eigenvalue weighted by Crippen LogP contribution is 2.65. The number of amides is 3. The molecule has 0 spiro atoms. The molecular weight excluding hydrogens is 432 g/mol. The van der Waals surface area contributed by atoms with Crippen molar-refractivity contribution in [3.05, 3.63) is 39.8 Å². The van der Waals surface area contributed by atoms with Gasteiger partial charge in [0.1, 0.15) is 0 Å². The summed E-state index contributed by atoms with van der Waals surface area (Å²) in [6.45, 7) is 0.124. The standard InChI is InChI=1S/C20H18BrClN2O3/c21-9-1-4-15(14(22)7-9)23-16(25)5-6-24-19(26)17-10-2-3-11(13-8-12(10)13)18(17)20(24)27/h1-4,7,10-13,17-18H,5-6,8H2,(H,23,25)/t10-,11+,12-,13-,17+,18-/m1/s1. The maximum atomic E-state index is 12.9. The molecular formula is C20H18BrClN2O3. The van der Waals surface area contributed by atoms with Crippen LogP contribution in [-0.2, 0) is 14.4 Å². The Morgan fingerprint density at radius 1 is 1.15 bits per heavy atom. The van der Waals surface area contributed by atoms with E-state index in [1.54, 1.807) is 18.2 Å². The summed E-state index contributed by atoms with van der Waals surface area (Å²) in [7, 11) is 0. The average molecular weight is 450 g/mol. The Morgan fingerprint density at radius 2 is 1.78 bits per heavy atom. The Bertz CT molecular complexity index is 865. The monoisotopic (exact) mass is 448 g/mol. The zero-order valence-corrected chi connectivity index (χ0v) is 16.7. The summed E-state index contributed by atoms with van der Waals surface area (Å²) in [4.78, 5) is 39.4. The van der Waals surface area contributed by atoms with E-state index in [1.807, 2.05) is 0 Å². The molecule has 2 saturated carbocycles. The second-order valence-electron chi connectivity index (χ2n) is 7.91. The van der Waals surface area contributed by atoms with Crippen molar-refractivity contribution in [2.24, 2.45) is 35.5 Å². The third-order valence-electron chi connectivity index (χ3n) is 6.52. The lowest BCUT2D eigenvalue weighted by Crippen LogP contribution is -2.40. The van der Waals surface area contributed by atoms with Crippen molar-refractivity contribution in [1.29, 1.82) is 0 Å². The lowest BCUT2D eigenvalue weighted by atomic mass is 9.63. The fourth-order valence-electron chi connectivity index (χ4n) is 5.26. The second-order valence-corrected chi connectivity index (χ2v) is 9.23. The highest BCUT2D eigenvalue weighted by molar-refractivity contribution is 9.10. The molecule has 1 aromatic rings. The predicted octanol–water partition coefficient (Wildman–Crippen LogP) is 3.48. The van der Waals surface area contributed by atoms with Gasteiger partial charge in [0.2, 0.25) is 17.7 Å². The number of allylic oxidation sites excluding steroid dienone is 2. The summed E-state index contributed by atoms with van der Waals surface area (Å²) >= 11 is 9.44. The lowest BCUT2D eigenvalue weighted by Gasteiger charge is -2.37. The number of benzene rings is 1. The summed E-state index contributed by atoms with van der Waals surface area (Å²) < 4.78 is 0.822. The summed E-state index contributed by atoms with van der Waals surface area (Å²) in [5.74, 6) is 0.720. The molecule has 3 fully saturated rings. The number of halogens is 2. The van der Waals surface area contributed by atoms with Gasteiger partial charge in [-0.2, -0.15) is 0 Å². The first-order chi connectivity index (χ1) is 13.0. The largest absolute Gasteiger partial charge is 0.325 e. The number of nitrogens with zero attached hydrogens (tertiary/aromatic N) is 1. The first-order valence-electron chi connectivity index (χ1n) is 9.24. The minimum Gasteiger partial charge on any atom is -0.325 e. The van der Waals surface area contributed by atoms with Gasteiger partial charge in [0.15, 0.2) is 0 Å². The number of rotatable bonds is 4. The minimum absolute atomic E-state index is 0.0684. The van der Waals surface area contributed by atoms with Crippen LogP contribution in [0.2, 0.25) is 5.02 Å². The van der Waals surface area contributed by atoms with Crippen LogP contribution in [0, 0.1) is 35.5 Å². The lowest BCUT2D eigenvalue weighted by molar-refractivity contribution is -0.140. The summed E-state index contributed by atoms with van der Waals surface area (Å²) in [5.41, 5.74) is 0.514. The molecule has 1 heterocycles. The van der Waals surface area contributed by atoms with Crippen molar-refractivity contribution in [2.75, 3.05) is 11.9 Å². The van der Waals surface area contributed by atoms with Gasteiger partial charge in [-0.05, 0) is 48.3 Å². The Kier molecular flexibility index (Phi) is 3.99. The van der Waals surface area contributed by atoms with Crippen LogP contribution < -0.4 is 5.32 Å². The molecule has 7 heteroatoms. The van der Waals surface area contributed by atoms with Gasteiger partial charge in [0.25, 0.3) is 0 Å². The molecule has 140 valence electrons. The van der Waals surface area contributed by atoms with Gasteiger partial charge < -0.3 is 5.32 Å². The molecule has 0 aromatic heterocycles. The highest BCUT2D eigenvalue weighted by atomic mass is 79.9. The first-order valence-corrected chi connectivity index (χ1v) is 10.4. The van der Waals surface area contributed by atoms with E-state index in [0.29, 0.717) is 22.5 Å².